The number of hydrogen-bond donors (Lipinski definition) is 2. The zero-order valence-corrected chi connectivity index (χ0v) is 23.5. The first-order valence-electron chi connectivity index (χ1n) is 14.2. The van der Waals surface area contributed by atoms with Gasteiger partial charge >= 0.3 is 12.1 Å². The molecule has 4 saturated heterocycles. The van der Waals surface area contributed by atoms with Gasteiger partial charge in [0.1, 0.15) is 29.9 Å². The van der Waals surface area contributed by atoms with Gasteiger partial charge in [-0.15, -0.1) is 0 Å². The number of nitrogens with zero attached hydrogens (tertiary/aromatic N) is 5. The van der Waals surface area contributed by atoms with Gasteiger partial charge in [-0.1, -0.05) is 17.7 Å². The predicted molar refractivity (Wildman–Crippen MR) is 152 cm³/mol. The van der Waals surface area contributed by atoms with Crippen LogP contribution in [0.1, 0.15) is 32.1 Å². The molecule has 3 aromatic rings. The average molecular weight is 603 g/mol. The lowest BCUT2D eigenvalue weighted by Crippen LogP contribution is -2.55. The second-order valence-electron chi connectivity index (χ2n) is 11.9. The van der Waals surface area contributed by atoms with Crippen LogP contribution in [0.3, 0.4) is 0 Å². The van der Waals surface area contributed by atoms with Crippen LogP contribution in [-0.4, -0.2) is 87.5 Å². The number of anilines is 2. The molecular weight excluding hydrogens is 573 g/mol. The van der Waals surface area contributed by atoms with Gasteiger partial charge in [0, 0.05) is 42.6 Å². The zero-order valence-electron chi connectivity index (χ0n) is 22.7. The summed E-state index contributed by atoms with van der Waals surface area (Å²) in [5, 5.41) is 10.1. The van der Waals surface area contributed by atoms with Crippen LogP contribution in [0, 0.1) is 11.6 Å². The molecule has 4 aliphatic heterocycles. The molecule has 7 rings (SSSR count). The maximum atomic E-state index is 16.3. The number of amides is 1. The Morgan fingerprint density at radius 1 is 1.14 bits per heavy atom. The quantitative estimate of drug-likeness (QED) is 0.389. The van der Waals surface area contributed by atoms with Crippen LogP contribution < -0.4 is 15.4 Å². The number of nitrogens with two attached hydrogens (primary N) is 1. The van der Waals surface area contributed by atoms with Gasteiger partial charge in [-0.2, -0.15) is 9.97 Å². The number of alkyl halides is 1. The number of aromatic nitrogens is 2. The third-order valence-electron chi connectivity index (χ3n) is 9.36. The van der Waals surface area contributed by atoms with Gasteiger partial charge in [-0.05, 0) is 50.4 Å². The second kappa shape index (κ2) is 10.0. The van der Waals surface area contributed by atoms with Crippen molar-refractivity contribution in [3.8, 4) is 17.1 Å². The van der Waals surface area contributed by atoms with E-state index in [1.165, 1.54) is 11.0 Å². The smallest absolute Gasteiger partial charge is 0.407 e. The molecule has 0 unspecified atom stereocenters. The predicted octanol–water partition coefficient (Wildman–Crippen LogP) is 5.10. The molecule has 222 valence electrons. The molecule has 4 atom stereocenters. The minimum absolute atomic E-state index is 0.0155. The lowest BCUT2D eigenvalue weighted by atomic mass is 9.95. The molecule has 4 fully saturated rings. The van der Waals surface area contributed by atoms with Crippen LogP contribution in [0.25, 0.3) is 22.0 Å². The molecule has 1 aromatic heterocycles. The number of hydrogen-bond acceptors (Lipinski definition) is 7. The fourth-order valence-electron chi connectivity index (χ4n) is 7.48. The maximum absolute atomic E-state index is 16.3. The third kappa shape index (κ3) is 4.38. The summed E-state index contributed by atoms with van der Waals surface area (Å²) in [7, 11) is 0. The number of nitrogen functional groups attached to an aromatic ring is 1. The van der Waals surface area contributed by atoms with E-state index in [0.717, 1.165) is 44.4 Å². The van der Waals surface area contributed by atoms with Crippen molar-refractivity contribution in [2.75, 3.05) is 43.4 Å². The molecule has 0 spiro atoms. The SMILES string of the molecule is Nc1cc(F)cc(-c2ccc3c(N4C[C@H]5CC[C@@H](C4)N5C(=O)O)nc(OC[C@@]45CCCN4C[C@H](F)C5)nc3c2F)c1Cl. The van der Waals surface area contributed by atoms with Crippen LogP contribution in [-0.2, 0) is 0 Å². The van der Waals surface area contributed by atoms with Gasteiger partial charge in [-0.25, -0.2) is 18.0 Å². The highest BCUT2D eigenvalue weighted by Crippen LogP contribution is 2.42. The maximum Gasteiger partial charge on any atom is 0.407 e. The van der Waals surface area contributed by atoms with Gasteiger partial charge in [0.15, 0.2) is 5.82 Å². The zero-order chi connectivity index (χ0) is 29.3. The highest BCUT2D eigenvalue weighted by atomic mass is 35.5. The summed E-state index contributed by atoms with van der Waals surface area (Å²) in [5.41, 5.74) is 5.44. The summed E-state index contributed by atoms with van der Waals surface area (Å²) in [5.74, 6) is -0.984. The average Bonchev–Trinajstić information content (AvgIpc) is 3.57. The number of carbonyl (C=O) groups is 1. The van der Waals surface area contributed by atoms with Crippen molar-refractivity contribution in [2.24, 2.45) is 0 Å². The first-order chi connectivity index (χ1) is 20.1. The first-order valence-corrected chi connectivity index (χ1v) is 14.5. The van der Waals surface area contributed by atoms with E-state index in [0.29, 0.717) is 37.3 Å². The molecule has 0 saturated carbocycles. The van der Waals surface area contributed by atoms with E-state index >= 15 is 4.39 Å². The number of benzene rings is 2. The van der Waals surface area contributed by atoms with Gasteiger partial charge in [0.25, 0.3) is 0 Å². The van der Waals surface area contributed by atoms with Gasteiger partial charge in [-0.3, -0.25) is 9.80 Å². The summed E-state index contributed by atoms with van der Waals surface area (Å²) < 4.78 is 51.1. The van der Waals surface area contributed by atoms with E-state index in [4.69, 9.17) is 27.1 Å². The van der Waals surface area contributed by atoms with Crippen LogP contribution in [0.5, 0.6) is 6.01 Å². The van der Waals surface area contributed by atoms with Crippen molar-refractivity contribution in [1.82, 2.24) is 19.8 Å². The van der Waals surface area contributed by atoms with Gasteiger partial charge in [0.05, 0.1) is 28.3 Å². The molecule has 3 N–H and O–H groups in total. The lowest BCUT2D eigenvalue weighted by molar-refractivity contribution is 0.107. The molecule has 9 nitrogen and oxygen atoms in total. The van der Waals surface area contributed by atoms with E-state index in [1.54, 1.807) is 6.07 Å². The van der Waals surface area contributed by atoms with Crippen molar-refractivity contribution in [3.05, 3.63) is 40.9 Å². The summed E-state index contributed by atoms with van der Waals surface area (Å²) in [4.78, 5) is 26.6. The van der Waals surface area contributed by atoms with E-state index in [-0.39, 0.29) is 52.1 Å². The summed E-state index contributed by atoms with van der Waals surface area (Å²) in [6.45, 7) is 2.07. The van der Waals surface area contributed by atoms with E-state index in [1.807, 2.05) is 4.90 Å². The topological polar surface area (TPSA) is 108 Å². The highest BCUT2D eigenvalue weighted by molar-refractivity contribution is 6.35. The number of ether oxygens (including phenoxy) is 1. The Morgan fingerprint density at radius 2 is 1.90 bits per heavy atom. The molecule has 13 heteroatoms. The number of carboxylic acid groups (broad SMARTS) is 1. The van der Waals surface area contributed by atoms with Crippen molar-refractivity contribution >= 4 is 40.1 Å². The number of piperazine rings is 1. The Bertz CT molecular complexity index is 1580. The molecule has 0 radical (unpaired) electrons. The van der Waals surface area contributed by atoms with Gasteiger partial charge in [0.2, 0.25) is 0 Å². The Balaban J connectivity index is 1.31. The van der Waals surface area contributed by atoms with E-state index in [9.17, 15) is 18.7 Å². The summed E-state index contributed by atoms with van der Waals surface area (Å²) >= 11 is 6.36. The normalized spacial score (nSPS) is 27.2. The molecule has 5 heterocycles. The minimum atomic E-state index is -0.955. The lowest BCUT2D eigenvalue weighted by Gasteiger charge is -2.40. The fourth-order valence-corrected chi connectivity index (χ4v) is 7.69. The number of halogens is 4. The molecule has 0 aliphatic carbocycles. The van der Waals surface area contributed by atoms with Crippen molar-refractivity contribution in [2.45, 2.75) is 55.9 Å². The fraction of sp³-hybridized carbons (Fsp3) is 0.483. The van der Waals surface area contributed by atoms with Crippen molar-refractivity contribution in [1.29, 1.82) is 0 Å². The van der Waals surface area contributed by atoms with Crippen LogP contribution in [0.2, 0.25) is 5.02 Å². The summed E-state index contributed by atoms with van der Waals surface area (Å²) in [6, 6.07) is 4.82. The van der Waals surface area contributed by atoms with Crippen LogP contribution >= 0.6 is 11.6 Å². The molecular formula is C29H30ClF3N6O3. The summed E-state index contributed by atoms with van der Waals surface area (Å²) in [6.07, 6.45) is 1.63. The standard InChI is InChI=1S/C29H30ClF3N6O3/c30-23-21(8-15(31)9-22(23)34)19-4-5-20-25(24(19)33)35-27(42-14-29-6-1-7-38(29)11-16(32)10-29)36-26(20)37-12-17-2-3-18(13-37)39(17)28(40)41/h4-5,8-9,16-18H,1-3,6-7,10-14,34H2,(H,40,41)/t16-,17-,18+,29+/m1/s1. The molecule has 2 bridgehead atoms. The largest absolute Gasteiger partial charge is 0.465 e. The molecule has 2 aromatic carbocycles. The Labute approximate surface area is 245 Å². The number of rotatable bonds is 5. The molecule has 42 heavy (non-hydrogen) atoms. The molecule has 1 amide bonds. The third-order valence-corrected chi connectivity index (χ3v) is 9.78. The number of fused-ring (bicyclic) bond motifs is 4. The monoisotopic (exact) mass is 602 g/mol. The van der Waals surface area contributed by atoms with Crippen molar-refractivity contribution < 1.29 is 27.8 Å². The molecule has 4 aliphatic rings. The minimum Gasteiger partial charge on any atom is -0.465 e. The Kier molecular flexibility index (Phi) is 6.54. The van der Waals surface area contributed by atoms with Gasteiger partial charge < -0.3 is 20.5 Å². The van der Waals surface area contributed by atoms with Crippen LogP contribution in [0.4, 0.5) is 29.5 Å². The van der Waals surface area contributed by atoms with Crippen molar-refractivity contribution in [3.63, 3.8) is 0 Å². The Morgan fingerprint density at radius 3 is 2.64 bits per heavy atom. The van der Waals surface area contributed by atoms with Crippen LogP contribution in [0.15, 0.2) is 24.3 Å². The highest BCUT2D eigenvalue weighted by Gasteiger charge is 2.49. The first kappa shape index (κ1) is 27.3. The Hall–Kier alpha value is -3.51. The van der Waals surface area contributed by atoms with E-state index < -0.39 is 29.4 Å². The second-order valence-corrected chi connectivity index (χ2v) is 12.2. The van der Waals surface area contributed by atoms with E-state index in [2.05, 4.69) is 9.88 Å².